The molecule has 0 aliphatic heterocycles. The quantitative estimate of drug-likeness (QED) is 0.429. The van der Waals surface area contributed by atoms with Gasteiger partial charge in [-0.25, -0.2) is 14.4 Å². The molecule has 0 aliphatic rings. The predicted molar refractivity (Wildman–Crippen MR) is 66.6 cm³/mol. The first kappa shape index (κ1) is 19.7. The Bertz CT molecular complexity index is 390. The Kier molecular flexibility index (Phi) is 11.3. The van der Waals surface area contributed by atoms with Gasteiger partial charge in [0, 0.05) is 17.7 Å². The van der Waals surface area contributed by atoms with E-state index < -0.39 is 23.9 Å². The Morgan fingerprint density at radius 2 is 1.35 bits per heavy atom. The van der Waals surface area contributed by atoms with Crippen molar-refractivity contribution in [1.82, 2.24) is 0 Å². The van der Waals surface area contributed by atoms with E-state index in [1.807, 2.05) is 0 Å². The Hall–Kier alpha value is -2.64. The van der Waals surface area contributed by atoms with Gasteiger partial charge in [-0.2, -0.15) is 0 Å². The van der Waals surface area contributed by atoms with Crippen LogP contribution in [0.5, 0.6) is 0 Å². The highest BCUT2D eigenvalue weighted by Gasteiger charge is 2.09. The SMILES string of the molecule is C=C(CC(=O)O)C(=O)OC.COC(=O)C=CC(=O)OC. The van der Waals surface area contributed by atoms with Gasteiger partial charge in [0.15, 0.2) is 0 Å². The molecule has 0 aromatic heterocycles. The van der Waals surface area contributed by atoms with Gasteiger partial charge in [-0.15, -0.1) is 0 Å². The van der Waals surface area contributed by atoms with Gasteiger partial charge in [-0.3, -0.25) is 4.79 Å². The Morgan fingerprint density at radius 3 is 1.60 bits per heavy atom. The van der Waals surface area contributed by atoms with Crippen LogP contribution in [0.2, 0.25) is 0 Å². The molecule has 0 atom stereocenters. The predicted octanol–water partition coefficient (Wildman–Crippen LogP) is 0.0789. The maximum Gasteiger partial charge on any atom is 0.333 e. The second kappa shape index (κ2) is 11.5. The van der Waals surface area contributed by atoms with Gasteiger partial charge in [0.1, 0.15) is 0 Å². The molecule has 112 valence electrons. The first-order valence-electron chi connectivity index (χ1n) is 5.10. The molecule has 0 aromatic carbocycles. The number of rotatable bonds is 5. The molecule has 0 radical (unpaired) electrons. The van der Waals surface area contributed by atoms with E-state index in [1.165, 1.54) is 21.3 Å². The third kappa shape index (κ3) is 11.8. The van der Waals surface area contributed by atoms with Gasteiger partial charge >= 0.3 is 23.9 Å². The molecule has 0 amide bonds. The van der Waals surface area contributed by atoms with Crippen molar-refractivity contribution < 1.29 is 38.5 Å². The zero-order valence-electron chi connectivity index (χ0n) is 11.4. The van der Waals surface area contributed by atoms with E-state index in [4.69, 9.17) is 5.11 Å². The molecule has 8 nitrogen and oxygen atoms in total. The number of carbonyl (C=O) groups excluding carboxylic acids is 3. The summed E-state index contributed by atoms with van der Waals surface area (Å²) >= 11 is 0. The Labute approximate surface area is 115 Å². The summed E-state index contributed by atoms with van der Waals surface area (Å²) in [5.74, 6) is -2.92. The lowest BCUT2D eigenvalue weighted by Gasteiger charge is -1.97. The molecule has 0 unspecified atom stereocenters. The van der Waals surface area contributed by atoms with Crippen molar-refractivity contribution in [2.24, 2.45) is 0 Å². The first-order chi connectivity index (χ1) is 9.28. The highest BCUT2D eigenvalue weighted by atomic mass is 16.5. The van der Waals surface area contributed by atoms with E-state index >= 15 is 0 Å². The fourth-order valence-corrected chi connectivity index (χ4v) is 0.671. The summed E-state index contributed by atoms with van der Waals surface area (Å²) in [6.07, 6.45) is 1.62. The summed E-state index contributed by atoms with van der Waals surface area (Å²) < 4.78 is 12.6. The minimum atomic E-state index is -1.09. The van der Waals surface area contributed by atoms with Crippen LogP contribution in [0.25, 0.3) is 0 Å². The van der Waals surface area contributed by atoms with E-state index in [9.17, 15) is 19.2 Å². The average Bonchev–Trinajstić information content (AvgIpc) is 2.43. The third-order valence-electron chi connectivity index (χ3n) is 1.60. The zero-order valence-corrected chi connectivity index (χ0v) is 11.4. The zero-order chi connectivity index (χ0) is 16.1. The second-order valence-corrected chi connectivity index (χ2v) is 3.05. The van der Waals surface area contributed by atoms with Gasteiger partial charge < -0.3 is 19.3 Å². The monoisotopic (exact) mass is 288 g/mol. The average molecular weight is 288 g/mol. The Morgan fingerprint density at radius 1 is 0.950 bits per heavy atom. The fourth-order valence-electron chi connectivity index (χ4n) is 0.671. The number of ether oxygens (including phenoxy) is 3. The summed E-state index contributed by atoms with van der Waals surface area (Å²) in [6.45, 7) is 3.21. The van der Waals surface area contributed by atoms with E-state index in [0.717, 1.165) is 12.2 Å². The van der Waals surface area contributed by atoms with E-state index in [0.29, 0.717) is 0 Å². The van der Waals surface area contributed by atoms with Crippen LogP contribution in [-0.2, 0) is 33.4 Å². The van der Waals surface area contributed by atoms with Crippen LogP contribution in [0.1, 0.15) is 6.42 Å². The number of carboxylic acids is 1. The molecule has 0 heterocycles. The number of esters is 3. The lowest BCUT2D eigenvalue weighted by Crippen LogP contribution is -2.07. The summed E-state index contributed by atoms with van der Waals surface area (Å²) in [6, 6.07) is 0. The van der Waals surface area contributed by atoms with E-state index in [2.05, 4.69) is 20.8 Å². The van der Waals surface area contributed by atoms with Crippen LogP contribution in [0, 0.1) is 0 Å². The molecule has 8 heteroatoms. The summed E-state index contributed by atoms with van der Waals surface area (Å²) in [4.78, 5) is 41.1. The molecule has 0 spiro atoms. The second-order valence-electron chi connectivity index (χ2n) is 3.05. The maximum atomic E-state index is 10.5. The molecule has 0 aromatic rings. The van der Waals surface area contributed by atoms with Gasteiger partial charge in [0.05, 0.1) is 27.8 Å². The minimum absolute atomic E-state index is 0.0463. The van der Waals surface area contributed by atoms with E-state index in [1.54, 1.807) is 0 Å². The molecule has 0 saturated carbocycles. The number of carbonyl (C=O) groups is 4. The molecule has 0 bridgehead atoms. The highest BCUT2D eigenvalue weighted by molar-refractivity contribution is 5.92. The lowest BCUT2D eigenvalue weighted by molar-refractivity contribution is -0.141. The number of hydrogen-bond donors (Lipinski definition) is 1. The summed E-state index contributed by atoms with van der Waals surface area (Å²) in [5, 5.41) is 8.16. The third-order valence-corrected chi connectivity index (χ3v) is 1.60. The van der Waals surface area contributed by atoms with Crippen molar-refractivity contribution in [2.75, 3.05) is 21.3 Å². The molecule has 0 aliphatic carbocycles. The molecule has 1 N–H and O–H groups in total. The van der Waals surface area contributed by atoms with Crippen LogP contribution in [-0.4, -0.2) is 50.3 Å². The van der Waals surface area contributed by atoms with Crippen molar-refractivity contribution in [3.8, 4) is 0 Å². The lowest BCUT2D eigenvalue weighted by atomic mass is 10.2. The normalized spacial score (nSPS) is 8.95. The minimum Gasteiger partial charge on any atom is -0.481 e. The van der Waals surface area contributed by atoms with Crippen molar-refractivity contribution in [3.05, 3.63) is 24.3 Å². The van der Waals surface area contributed by atoms with Crippen LogP contribution in [0.15, 0.2) is 24.3 Å². The number of aliphatic carboxylic acids is 1. The van der Waals surface area contributed by atoms with Gasteiger partial charge in [-0.05, 0) is 0 Å². The van der Waals surface area contributed by atoms with Crippen molar-refractivity contribution in [2.45, 2.75) is 6.42 Å². The molecular formula is C12H16O8. The van der Waals surface area contributed by atoms with Crippen LogP contribution >= 0.6 is 0 Å². The van der Waals surface area contributed by atoms with Crippen LogP contribution in [0.4, 0.5) is 0 Å². The molecule has 20 heavy (non-hydrogen) atoms. The number of carboxylic acid groups (broad SMARTS) is 1. The molecule has 0 rings (SSSR count). The number of hydrogen-bond acceptors (Lipinski definition) is 7. The van der Waals surface area contributed by atoms with Gasteiger partial charge in [-0.1, -0.05) is 6.58 Å². The highest BCUT2D eigenvalue weighted by Crippen LogP contribution is 1.98. The first-order valence-corrected chi connectivity index (χ1v) is 5.10. The smallest absolute Gasteiger partial charge is 0.333 e. The molecule has 0 saturated heterocycles. The van der Waals surface area contributed by atoms with E-state index in [-0.39, 0.29) is 12.0 Å². The van der Waals surface area contributed by atoms with Crippen molar-refractivity contribution in [1.29, 1.82) is 0 Å². The van der Waals surface area contributed by atoms with Crippen molar-refractivity contribution in [3.63, 3.8) is 0 Å². The topological polar surface area (TPSA) is 116 Å². The molecule has 0 fully saturated rings. The fraction of sp³-hybridized carbons (Fsp3) is 0.333. The summed E-state index contributed by atoms with van der Waals surface area (Å²) in [7, 11) is 3.63. The standard InChI is InChI=1S/2C6H8O4/c1-9-5(7)3-4-6(8)10-2;1-4(3-5(7)8)6(9)10-2/h3-4H,1-2H3;1,3H2,2H3,(H,7,8). The van der Waals surface area contributed by atoms with Gasteiger partial charge in [0.2, 0.25) is 0 Å². The maximum absolute atomic E-state index is 10.5. The largest absolute Gasteiger partial charge is 0.481 e. The number of methoxy groups -OCH3 is 3. The van der Waals surface area contributed by atoms with Crippen LogP contribution in [0.3, 0.4) is 0 Å². The molecular weight excluding hydrogens is 272 g/mol. The van der Waals surface area contributed by atoms with Gasteiger partial charge in [0.25, 0.3) is 0 Å². The Balaban J connectivity index is 0. The van der Waals surface area contributed by atoms with Crippen molar-refractivity contribution >= 4 is 23.9 Å². The summed E-state index contributed by atoms with van der Waals surface area (Å²) in [5.41, 5.74) is -0.0463. The van der Waals surface area contributed by atoms with Crippen LogP contribution < -0.4 is 0 Å².